The van der Waals surface area contributed by atoms with Gasteiger partial charge in [-0.25, -0.2) is 4.99 Å². The summed E-state index contributed by atoms with van der Waals surface area (Å²) in [7, 11) is 0. The van der Waals surface area contributed by atoms with E-state index in [4.69, 9.17) is 36.0 Å². The van der Waals surface area contributed by atoms with Crippen molar-refractivity contribution in [2.75, 3.05) is 6.54 Å². The van der Waals surface area contributed by atoms with Gasteiger partial charge in [-0.3, -0.25) is 4.98 Å². The van der Waals surface area contributed by atoms with Crippen molar-refractivity contribution in [3.05, 3.63) is 29.0 Å². The summed E-state index contributed by atoms with van der Waals surface area (Å²) >= 11 is 10.7. The lowest BCUT2D eigenvalue weighted by molar-refractivity contribution is 0.929. The zero-order chi connectivity index (χ0) is 13.4. The normalized spacial score (nSPS) is 10.6. The smallest absolute Gasteiger partial charge is 0.198 e. The Kier molecular flexibility index (Phi) is 5.91. The number of aliphatic imine (C=N–C) groups is 1. The van der Waals surface area contributed by atoms with Crippen LogP contribution < -0.4 is 16.4 Å². The molecule has 0 aliphatic carbocycles. The van der Waals surface area contributed by atoms with E-state index in [0.29, 0.717) is 29.8 Å². The third-order valence-electron chi connectivity index (χ3n) is 1.82. The van der Waals surface area contributed by atoms with Gasteiger partial charge in [0, 0.05) is 6.20 Å². The number of aromatic nitrogens is 1. The Hall–Kier alpha value is -1.84. The summed E-state index contributed by atoms with van der Waals surface area (Å²) < 4.78 is 0. The van der Waals surface area contributed by atoms with Crippen LogP contribution in [0.3, 0.4) is 0 Å². The zero-order valence-corrected chi connectivity index (χ0v) is 11.1. The van der Waals surface area contributed by atoms with E-state index in [-0.39, 0.29) is 5.11 Å². The number of guanidine groups is 1. The molecule has 1 aromatic rings. The van der Waals surface area contributed by atoms with Gasteiger partial charge in [0.15, 0.2) is 11.1 Å². The Labute approximate surface area is 116 Å². The average molecular weight is 282 g/mol. The molecule has 1 rings (SSSR count). The first-order valence-electron chi connectivity index (χ1n) is 5.01. The highest BCUT2D eigenvalue weighted by atomic mass is 35.5. The Morgan fingerprint density at radius 1 is 1.67 bits per heavy atom. The Morgan fingerprint density at radius 3 is 3.06 bits per heavy atom. The lowest BCUT2D eigenvalue weighted by Crippen LogP contribution is -2.43. The second-order valence-electron chi connectivity index (χ2n) is 3.14. The zero-order valence-electron chi connectivity index (χ0n) is 9.48. The van der Waals surface area contributed by atoms with E-state index in [2.05, 4.69) is 26.5 Å². The molecule has 0 unspecified atom stereocenters. The molecule has 7 heteroatoms. The molecule has 0 spiro atoms. The minimum atomic E-state index is 0.102. The van der Waals surface area contributed by atoms with Crippen molar-refractivity contribution in [1.82, 2.24) is 15.6 Å². The minimum Gasteiger partial charge on any atom is -0.376 e. The van der Waals surface area contributed by atoms with Gasteiger partial charge in [-0.1, -0.05) is 17.5 Å². The average Bonchev–Trinajstić information content (AvgIpc) is 2.34. The van der Waals surface area contributed by atoms with Gasteiger partial charge in [0.2, 0.25) is 0 Å². The molecular weight excluding hydrogens is 270 g/mol. The van der Waals surface area contributed by atoms with Crippen LogP contribution in [0.2, 0.25) is 5.02 Å². The first-order chi connectivity index (χ1) is 8.63. The number of nitrogens with zero attached hydrogens (tertiary/aromatic N) is 2. The molecule has 94 valence electrons. The summed E-state index contributed by atoms with van der Waals surface area (Å²) in [6, 6.07) is 3.50. The highest BCUT2D eigenvalue weighted by Crippen LogP contribution is 2.12. The standard InChI is InChI=1S/C11H12ClN5S/c1-2-5-15-11(17-10(13)18)16-7-9-8(12)4-3-6-14-9/h1,3-4,6H,5,7H2,(H4,13,15,16,17,18). The van der Waals surface area contributed by atoms with Gasteiger partial charge < -0.3 is 16.4 Å². The fourth-order valence-corrected chi connectivity index (χ4v) is 1.36. The number of hydrogen-bond acceptors (Lipinski definition) is 3. The van der Waals surface area contributed by atoms with E-state index in [0.717, 1.165) is 0 Å². The highest BCUT2D eigenvalue weighted by Gasteiger charge is 2.02. The predicted molar refractivity (Wildman–Crippen MR) is 77.1 cm³/mol. The fraction of sp³-hybridized carbons (Fsp3) is 0.182. The number of hydrogen-bond donors (Lipinski definition) is 3. The SMILES string of the molecule is C#CCNC(=NCc1ncccc1Cl)NC(N)=S. The van der Waals surface area contributed by atoms with Crippen LogP contribution in [0.5, 0.6) is 0 Å². The second-order valence-corrected chi connectivity index (χ2v) is 3.99. The van der Waals surface area contributed by atoms with Gasteiger partial charge in [-0.05, 0) is 24.4 Å². The highest BCUT2D eigenvalue weighted by molar-refractivity contribution is 7.80. The van der Waals surface area contributed by atoms with Crippen LogP contribution in [-0.2, 0) is 6.54 Å². The van der Waals surface area contributed by atoms with E-state index in [9.17, 15) is 0 Å². The molecule has 0 saturated heterocycles. The molecule has 0 fully saturated rings. The predicted octanol–water partition coefficient (Wildman–Crippen LogP) is 0.647. The van der Waals surface area contributed by atoms with Gasteiger partial charge in [0.25, 0.3) is 0 Å². The van der Waals surface area contributed by atoms with E-state index < -0.39 is 0 Å². The van der Waals surface area contributed by atoms with Gasteiger partial charge >= 0.3 is 0 Å². The maximum Gasteiger partial charge on any atom is 0.198 e. The van der Waals surface area contributed by atoms with E-state index in [1.165, 1.54) is 0 Å². The maximum absolute atomic E-state index is 5.96. The van der Waals surface area contributed by atoms with Gasteiger partial charge in [-0.15, -0.1) is 6.42 Å². The van der Waals surface area contributed by atoms with Gasteiger partial charge in [-0.2, -0.15) is 0 Å². The van der Waals surface area contributed by atoms with Crippen LogP contribution in [0.25, 0.3) is 0 Å². The van der Waals surface area contributed by atoms with Crippen molar-refractivity contribution in [3.8, 4) is 12.3 Å². The molecule has 1 heterocycles. The number of terminal acetylenes is 1. The van der Waals surface area contributed by atoms with Crippen LogP contribution in [0.15, 0.2) is 23.3 Å². The van der Waals surface area contributed by atoms with Crippen LogP contribution in [0, 0.1) is 12.3 Å². The molecule has 1 aromatic heterocycles. The Balaban J connectivity index is 2.73. The van der Waals surface area contributed by atoms with Crippen molar-refractivity contribution in [2.24, 2.45) is 10.7 Å². The molecule has 0 radical (unpaired) electrons. The number of halogens is 1. The van der Waals surface area contributed by atoms with Crippen LogP contribution in [0.1, 0.15) is 5.69 Å². The molecule has 5 nitrogen and oxygen atoms in total. The largest absolute Gasteiger partial charge is 0.376 e. The van der Waals surface area contributed by atoms with E-state index in [1.54, 1.807) is 18.3 Å². The molecule has 0 amide bonds. The molecule has 18 heavy (non-hydrogen) atoms. The first-order valence-corrected chi connectivity index (χ1v) is 5.79. The molecule has 0 bridgehead atoms. The monoisotopic (exact) mass is 281 g/mol. The molecule has 0 aliphatic rings. The maximum atomic E-state index is 5.96. The summed E-state index contributed by atoms with van der Waals surface area (Å²) in [6.07, 6.45) is 6.79. The summed E-state index contributed by atoms with van der Waals surface area (Å²) in [5.74, 6) is 2.81. The third kappa shape index (κ3) is 4.99. The van der Waals surface area contributed by atoms with Crippen molar-refractivity contribution in [2.45, 2.75) is 6.54 Å². The topological polar surface area (TPSA) is 75.3 Å². The van der Waals surface area contributed by atoms with E-state index in [1.807, 2.05) is 0 Å². The second kappa shape index (κ2) is 7.48. The van der Waals surface area contributed by atoms with Crippen LogP contribution in [-0.4, -0.2) is 22.6 Å². The van der Waals surface area contributed by atoms with Gasteiger partial charge in [0.1, 0.15) is 0 Å². The summed E-state index contributed by atoms with van der Waals surface area (Å²) in [5, 5.41) is 6.19. The lowest BCUT2D eigenvalue weighted by Gasteiger charge is -2.09. The molecule has 0 saturated carbocycles. The summed E-state index contributed by atoms with van der Waals surface area (Å²) in [6.45, 7) is 0.604. The van der Waals surface area contributed by atoms with Crippen molar-refractivity contribution >= 4 is 34.9 Å². The number of pyridine rings is 1. The van der Waals surface area contributed by atoms with Gasteiger partial charge in [0.05, 0.1) is 23.8 Å². The summed E-state index contributed by atoms with van der Waals surface area (Å²) in [4.78, 5) is 8.33. The van der Waals surface area contributed by atoms with Crippen molar-refractivity contribution in [1.29, 1.82) is 0 Å². The molecule has 4 N–H and O–H groups in total. The number of nitrogens with one attached hydrogen (secondary N) is 2. The number of nitrogens with two attached hydrogens (primary N) is 1. The third-order valence-corrected chi connectivity index (χ3v) is 2.27. The van der Waals surface area contributed by atoms with Crippen molar-refractivity contribution in [3.63, 3.8) is 0 Å². The van der Waals surface area contributed by atoms with Crippen molar-refractivity contribution < 1.29 is 0 Å². The van der Waals surface area contributed by atoms with Crippen LogP contribution >= 0.6 is 23.8 Å². The Bertz CT molecular complexity index is 494. The lowest BCUT2D eigenvalue weighted by atomic mass is 10.3. The summed E-state index contributed by atoms with van der Waals surface area (Å²) in [5.41, 5.74) is 6.03. The van der Waals surface area contributed by atoms with Crippen LogP contribution in [0.4, 0.5) is 0 Å². The molecule has 0 aliphatic heterocycles. The molecule has 0 atom stereocenters. The fourth-order valence-electron chi connectivity index (χ4n) is 1.08. The first kappa shape index (κ1) is 14.2. The number of rotatable bonds is 3. The van der Waals surface area contributed by atoms with E-state index >= 15 is 0 Å². The molecule has 0 aromatic carbocycles. The quantitative estimate of drug-likeness (QED) is 0.328. The molecular formula is C11H12ClN5S. The minimum absolute atomic E-state index is 0.102. The number of thiocarbonyl (C=S) groups is 1. The Morgan fingerprint density at radius 2 is 2.44 bits per heavy atom.